The number of nitrogens with zero attached hydrogens (tertiary/aromatic N) is 3. The lowest BCUT2D eigenvalue weighted by Crippen LogP contribution is -2.41. The van der Waals surface area contributed by atoms with Gasteiger partial charge in [0.1, 0.15) is 0 Å². The fraction of sp³-hybridized carbons (Fsp3) is 0.267. The van der Waals surface area contributed by atoms with Crippen molar-refractivity contribution >= 4 is 17.6 Å². The summed E-state index contributed by atoms with van der Waals surface area (Å²) < 4.78 is 1.78. The number of amides is 1. The van der Waals surface area contributed by atoms with E-state index in [1.165, 1.54) is 0 Å². The molecule has 0 bridgehead atoms. The van der Waals surface area contributed by atoms with E-state index in [1.807, 2.05) is 43.4 Å². The van der Waals surface area contributed by atoms with Crippen LogP contribution < -0.4 is 16.0 Å². The molecule has 0 aliphatic rings. The van der Waals surface area contributed by atoms with E-state index in [9.17, 15) is 4.79 Å². The first-order chi connectivity index (χ1) is 10.7. The minimum absolute atomic E-state index is 0.130. The number of benzene rings is 1. The average Bonchev–Trinajstić information content (AvgIpc) is 2.94. The van der Waals surface area contributed by atoms with Crippen molar-refractivity contribution in [3.63, 3.8) is 0 Å². The first kappa shape index (κ1) is 15.6. The van der Waals surface area contributed by atoms with Gasteiger partial charge in [0.2, 0.25) is 5.91 Å². The molecule has 0 unspecified atom stereocenters. The van der Waals surface area contributed by atoms with E-state index in [4.69, 9.17) is 0 Å². The van der Waals surface area contributed by atoms with Gasteiger partial charge >= 0.3 is 0 Å². The predicted molar refractivity (Wildman–Crippen MR) is 86.5 cm³/mol. The minimum atomic E-state index is -0.130. The number of rotatable bonds is 5. The van der Waals surface area contributed by atoms with Crippen LogP contribution in [0.2, 0.25) is 0 Å². The Hall–Kier alpha value is -2.83. The molecule has 0 aliphatic carbocycles. The summed E-state index contributed by atoms with van der Waals surface area (Å²) in [4.78, 5) is 15.9. The lowest BCUT2D eigenvalue weighted by Gasteiger charge is -2.12. The molecular weight excluding hydrogens is 280 g/mol. The Morgan fingerprint density at radius 3 is 2.64 bits per heavy atom. The quantitative estimate of drug-likeness (QED) is 0.561. The van der Waals surface area contributed by atoms with Gasteiger partial charge in [-0.05, 0) is 18.2 Å². The Labute approximate surface area is 129 Å². The van der Waals surface area contributed by atoms with Crippen molar-refractivity contribution < 1.29 is 4.79 Å². The standard InChI is InChI=1S/C15H20N6O/c1-16-15(17-10-13-8-9-19-21(13)2)18-11-14(22)20-12-6-4-3-5-7-12/h3-9H,10-11H2,1-2H3,(H,20,22)(H2,16,17,18). The van der Waals surface area contributed by atoms with E-state index in [0.29, 0.717) is 12.5 Å². The van der Waals surface area contributed by atoms with Gasteiger partial charge in [-0.3, -0.25) is 14.5 Å². The van der Waals surface area contributed by atoms with E-state index < -0.39 is 0 Å². The van der Waals surface area contributed by atoms with E-state index in [2.05, 4.69) is 26.0 Å². The van der Waals surface area contributed by atoms with E-state index in [-0.39, 0.29) is 12.5 Å². The molecule has 1 aromatic carbocycles. The Bertz CT molecular complexity index is 634. The molecule has 22 heavy (non-hydrogen) atoms. The fourth-order valence-corrected chi connectivity index (χ4v) is 1.86. The molecule has 0 aliphatic heterocycles. The summed E-state index contributed by atoms with van der Waals surface area (Å²) >= 11 is 0. The van der Waals surface area contributed by atoms with Crippen LogP contribution in [0.3, 0.4) is 0 Å². The number of carbonyl (C=O) groups excluding carboxylic acids is 1. The number of carbonyl (C=O) groups is 1. The second-order valence-electron chi connectivity index (χ2n) is 4.64. The lowest BCUT2D eigenvalue weighted by molar-refractivity contribution is -0.115. The molecule has 0 atom stereocenters. The molecule has 0 radical (unpaired) electrons. The van der Waals surface area contributed by atoms with Gasteiger partial charge in [-0.25, -0.2) is 0 Å². The molecule has 0 saturated carbocycles. The van der Waals surface area contributed by atoms with Crippen molar-refractivity contribution in [1.82, 2.24) is 20.4 Å². The molecule has 2 rings (SSSR count). The fourth-order valence-electron chi connectivity index (χ4n) is 1.86. The summed E-state index contributed by atoms with van der Waals surface area (Å²) in [7, 11) is 3.54. The topological polar surface area (TPSA) is 83.3 Å². The maximum Gasteiger partial charge on any atom is 0.243 e. The summed E-state index contributed by atoms with van der Waals surface area (Å²) in [5.41, 5.74) is 1.80. The number of anilines is 1. The molecule has 3 N–H and O–H groups in total. The third-order valence-corrected chi connectivity index (χ3v) is 3.06. The summed E-state index contributed by atoms with van der Waals surface area (Å²) in [6.07, 6.45) is 1.74. The third-order valence-electron chi connectivity index (χ3n) is 3.06. The molecule has 0 spiro atoms. The Morgan fingerprint density at radius 2 is 2.00 bits per heavy atom. The van der Waals surface area contributed by atoms with E-state index >= 15 is 0 Å². The highest BCUT2D eigenvalue weighted by Crippen LogP contribution is 2.03. The molecule has 116 valence electrons. The highest BCUT2D eigenvalue weighted by atomic mass is 16.1. The molecule has 0 saturated heterocycles. The number of hydrogen-bond acceptors (Lipinski definition) is 3. The summed E-state index contributed by atoms with van der Waals surface area (Å²) in [6.45, 7) is 0.719. The van der Waals surface area contributed by atoms with Crippen molar-refractivity contribution in [2.24, 2.45) is 12.0 Å². The van der Waals surface area contributed by atoms with Crippen molar-refractivity contribution in [1.29, 1.82) is 0 Å². The van der Waals surface area contributed by atoms with Crippen LogP contribution in [0.4, 0.5) is 5.69 Å². The number of guanidine groups is 1. The van der Waals surface area contributed by atoms with Gasteiger partial charge in [-0.1, -0.05) is 18.2 Å². The number of para-hydroxylation sites is 1. The summed E-state index contributed by atoms with van der Waals surface area (Å²) in [5.74, 6) is 0.430. The van der Waals surface area contributed by atoms with Crippen LogP contribution in [-0.4, -0.2) is 35.2 Å². The first-order valence-corrected chi connectivity index (χ1v) is 6.95. The van der Waals surface area contributed by atoms with Crippen molar-refractivity contribution in [3.8, 4) is 0 Å². The Balaban J connectivity index is 1.76. The van der Waals surface area contributed by atoms with Crippen LogP contribution in [0.1, 0.15) is 5.69 Å². The average molecular weight is 300 g/mol. The van der Waals surface area contributed by atoms with Gasteiger partial charge in [0, 0.05) is 26.0 Å². The molecule has 7 nitrogen and oxygen atoms in total. The van der Waals surface area contributed by atoms with Gasteiger partial charge in [0.15, 0.2) is 5.96 Å². The van der Waals surface area contributed by atoms with Gasteiger partial charge < -0.3 is 16.0 Å². The molecule has 0 fully saturated rings. The van der Waals surface area contributed by atoms with E-state index in [0.717, 1.165) is 11.4 Å². The van der Waals surface area contributed by atoms with Crippen LogP contribution >= 0.6 is 0 Å². The van der Waals surface area contributed by atoms with Crippen LogP contribution in [0.25, 0.3) is 0 Å². The largest absolute Gasteiger partial charge is 0.351 e. The maximum absolute atomic E-state index is 11.8. The second-order valence-corrected chi connectivity index (χ2v) is 4.64. The number of aliphatic imine (C=N–C) groups is 1. The van der Waals surface area contributed by atoms with Crippen LogP contribution in [0.15, 0.2) is 47.6 Å². The maximum atomic E-state index is 11.8. The second kappa shape index (κ2) is 7.82. The highest BCUT2D eigenvalue weighted by molar-refractivity contribution is 5.94. The van der Waals surface area contributed by atoms with Crippen LogP contribution in [0.5, 0.6) is 0 Å². The first-order valence-electron chi connectivity index (χ1n) is 6.95. The zero-order chi connectivity index (χ0) is 15.8. The molecule has 1 heterocycles. The predicted octanol–water partition coefficient (Wildman–Crippen LogP) is 0.724. The molecule has 1 aromatic heterocycles. The molecule has 1 amide bonds. The highest BCUT2D eigenvalue weighted by Gasteiger charge is 2.05. The molecule has 2 aromatic rings. The number of hydrogen-bond donors (Lipinski definition) is 3. The SMILES string of the molecule is CN=C(NCC(=O)Nc1ccccc1)NCc1ccnn1C. The number of aromatic nitrogens is 2. The van der Waals surface area contributed by atoms with Crippen molar-refractivity contribution in [2.45, 2.75) is 6.54 Å². The van der Waals surface area contributed by atoms with Crippen LogP contribution in [0, 0.1) is 0 Å². The minimum Gasteiger partial charge on any atom is -0.351 e. The van der Waals surface area contributed by atoms with Gasteiger partial charge in [0.25, 0.3) is 0 Å². The van der Waals surface area contributed by atoms with Gasteiger partial charge in [-0.2, -0.15) is 5.10 Å². The number of nitrogens with one attached hydrogen (secondary N) is 3. The lowest BCUT2D eigenvalue weighted by atomic mass is 10.3. The molecular formula is C15H20N6O. The third kappa shape index (κ3) is 4.62. The zero-order valence-electron chi connectivity index (χ0n) is 12.7. The van der Waals surface area contributed by atoms with Crippen molar-refractivity contribution in [2.75, 3.05) is 18.9 Å². The Morgan fingerprint density at radius 1 is 1.23 bits per heavy atom. The monoisotopic (exact) mass is 300 g/mol. The zero-order valence-corrected chi connectivity index (χ0v) is 12.7. The van der Waals surface area contributed by atoms with E-state index in [1.54, 1.807) is 17.9 Å². The number of aryl methyl sites for hydroxylation is 1. The Kier molecular flexibility index (Phi) is 5.53. The smallest absolute Gasteiger partial charge is 0.243 e. The summed E-state index contributed by atoms with van der Waals surface area (Å²) in [5, 5.41) is 13.0. The normalized spacial score (nSPS) is 11.1. The van der Waals surface area contributed by atoms with Crippen LogP contribution in [-0.2, 0) is 18.4 Å². The van der Waals surface area contributed by atoms with Gasteiger partial charge in [-0.15, -0.1) is 0 Å². The summed E-state index contributed by atoms with van der Waals surface area (Å²) in [6, 6.07) is 11.2. The molecule has 7 heteroatoms. The van der Waals surface area contributed by atoms with Crippen molar-refractivity contribution in [3.05, 3.63) is 48.3 Å². The van der Waals surface area contributed by atoms with Gasteiger partial charge in [0.05, 0.1) is 18.8 Å².